The zero-order valence-electron chi connectivity index (χ0n) is 14.0. The van der Waals surface area contributed by atoms with E-state index in [1.54, 1.807) is 0 Å². The molecule has 2 aliphatic carbocycles. The summed E-state index contributed by atoms with van der Waals surface area (Å²) in [6, 6.07) is 0.352. The molecule has 0 aromatic rings. The minimum Gasteiger partial charge on any atom is -0.466 e. The van der Waals surface area contributed by atoms with Crippen molar-refractivity contribution in [2.75, 3.05) is 13.2 Å². The number of rotatable bonds is 7. The quantitative estimate of drug-likeness (QED) is 0.674. The fourth-order valence-electron chi connectivity index (χ4n) is 3.93. The second-order valence-electron chi connectivity index (χ2n) is 6.79. The highest BCUT2D eigenvalue weighted by atomic mass is 16.5. The maximum atomic E-state index is 12.7. The van der Waals surface area contributed by atoms with Gasteiger partial charge in [0.1, 0.15) is 0 Å². The molecule has 22 heavy (non-hydrogen) atoms. The van der Waals surface area contributed by atoms with Crippen molar-refractivity contribution in [3.05, 3.63) is 0 Å². The standard InChI is InChI=1S/C18H31NO3/c1-2-22-18(21)12-13-19(16-10-6-7-11-16)17(20)14-15-8-4-3-5-9-15/h15-16H,2-14H2,1H3. The van der Waals surface area contributed by atoms with E-state index in [0.717, 1.165) is 12.8 Å². The van der Waals surface area contributed by atoms with Gasteiger partial charge in [-0.1, -0.05) is 32.1 Å². The van der Waals surface area contributed by atoms with Crippen LogP contribution >= 0.6 is 0 Å². The van der Waals surface area contributed by atoms with Crippen LogP contribution in [0.15, 0.2) is 0 Å². The predicted octanol–water partition coefficient (Wildman–Crippen LogP) is 3.68. The number of hydrogen-bond acceptors (Lipinski definition) is 3. The first-order valence-electron chi connectivity index (χ1n) is 9.15. The van der Waals surface area contributed by atoms with Gasteiger partial charge in [-0.2, -0.15) is 0 Å². The Kier molecular flexibility index (Phi) is 7.20. The van der Waals surface area contributed by atoms with Gasteiger partial charge in [0.05, 0.1) is 13.0 Å². The molecular formula is C18H31NO3. The molecule has 4 heteroatoms. The maximum Gasteiger partial charge on any atom is 0.307 e. The summed E-state index contributed by atoms with van der Waals surface area (Å²) < 4.78 is 5.01. The third-order valence-electron chi connectivity index (χ3n) is 5.14. The van der Waals surface area contributed by atoms with E-state index in [9.17, 15) is 9.59 Å². The Hall–Kier alpha value is -1.06. The molecule has 2 fully saturated rings. The van der Waals surface area contributed by atoms with E-state index in [1.165, 1.54) is 44.9 Å². The van der Waals surface area contributed by atoms with Crippen LogP contribution in [0.3, 0.4) is 0 Å². The van der Waals surface area contributed by atoms with E-state index in [-0.39, 0.29) is 11.9 Å². The molecule has 1 amide bonds. The SMILES string of the molecule is CCOC(=O)CCN(C(=O)CC1CCCCC1)C1CCCC1. The second kappa shape index (κ2) is 9.16. The molecule has 2 aliphatic rings. The van der Waals surface area contributed by atoms with Crippen LogP contribution in [0.2, 0.25) is 0 Å². The van der Waals surface area contributed by atoms with Crippen molar-refractivity contribution in [3.8, 4) is 0 Å². The monoisotopic (exact) mass is 309 g/mol. The normalized spacial score (nSPS) is 20.0. The number of hydrogen-bond donors (Lipinski definition) is 0. The summed E-state index contributed by atoms with van der Waals surface area (Å²) in [5, 5.41) is 0. The number of esters is 1. The Balaban J connectivity index is 1.87. The summed E-state index contributed by atoms with van der Waals surface area (Å²) in [6.07, 6.45) is 11.9. The Labute approximate surface area is 134 Å². The largest absolute Gasteiger partial charge is 0.466 e. The number of amides is 1. The first kappa shape index (κ1) is 17.3. The third kappa shape index (κ3) is 5.29. The van der Waals surface area contributed by atoms with Crippen molar-refractivity contribution in [1.82, 2.24) is 4.90 Å². The van der Waals surface area contributed by atoms with Gasteiger partial charge in [0, 0.05) is 19.0 Å². The van der Waals surface area contributed by atoms with Crippen molar-refractivity contribution in [2.45, 2.75) is 83.6 Å². The molecule has 0 radical (unpaired) electrons. The summed E-state index contributed by atoms with van der Waals surface area (Å²) in [4.78, 5) is 26.4. The first-order valence-corrected chi connectivity index (χ1v) is 9.15. The molecule has 0 aliphatic heterocycles. The average Bonchev–Trinajstić information content (AvgIpc) is 3.03. The lowest BCUT2D eigenvalue weighted by molar-refractivity contribution is -0.144. The minimum absolute atomic E-state index is 0.184. The molecule has 2 saturated carbocycles. The Morgan fingerprint density at radius 3 is 2.27 bits per heavy atom. The summed E-state index contributed by atoms with van der Waals surface area (Å²) in [5.74, 6) is 0.645. The zero-order chi connectivity index (χ0) is 15.8. The van der Waals surface area contributed by atoms with Gasteiger partial charge in [0.2, 0.25) is 5.91 Å². The van der Waals surface area contributed by atoms with Gasteiger partial charge in [-0.3, -0.25) is 9.59 Å². The number of carbonyl (C=O) groups is 2. The van der Waals surface area contributed by atoms with Gasteiger partial charge in [-0.25, -0.2) is 0 Å². The summed E-state index contributed by atoms with van der Waals surface area (Å²) >= 11 is 0. The van der Waals surface area contributed by atoms with Gasteiger partial charge in [-0.05, 0) is 38.5 Å². The molecule has 0 bridgehead atoms. The average molecular weight is 309 g/mol. The zero-order valence-corrected chi connectivity index (χ0v) is 14.0. The van der Waals surface area contributed by atoms with E-state index in [1.807, 2.05) is 11.8 Å². The van der Waals surface area contributed by atoms with Crippen LogP contribution in [0.25, 0.3) is 0 Å². The van der Waals surface area contributed by atoms with Crippen LogP contribution in [0.5, 0.6) is 0 Å². The van der Waals surface area contributed by atoms with Crippen LogP contribution in [0.1, 0.15) is 77.6 Å². The molecule has 0 aromatic carbocycles. The van der Waals surface area contributed by atoms with Gasteiger partial charge in [0.25, 0.3) is 0 Å². The highest BCUT2D eigenvalue weighted by Gasteiger charge is 2.29. The second-order valence-corrected chi connectivity index (χ2v) is 6.79. The Morgan fingerprint density at radius 1 is 1.00 bits per heavy atom. The summed E-state index contributed by atoms with van der Waals surface area (Å²) in [7, 11) is 0. The van der Waals surface area contributed by atoms with Crippen LogP contribution in [-0.4, -0.2) is 36.0 Å². The summed E-state index contributed by atoms with van der Waals surface area (Å²) in [6.45, 7) is 2.77. The fraction of sp³-hybridized carbons (Fsp3) is 0.889. The van der Waals surface area contributed by atoms with E-state index < -0.39 is 0 Å². The summed E-state index contributed by atoms with van der Waals surface area (Å²) in [5.41, 5.74) is 0. The van der Waals surface area contributed by atoms with Crippen molar-refractivity contribution in [3.63, 3.8) is 0 Å². The highest BCUT2D eigenvalue weighted by Crippen LogP contribution is 2.29. The van der Waals surface area contributed by atoms with Crippen LogP contribution in [-0.2, 0) is 14.3 Å². The number of carbonyl (C=O) groups excluding carboxylic acids is 2. The van der Waals surface area contributed by atoms with Crippen molar-refractivity contribution < 1.29 is 14.3 Å². The van der Waals surface area contributed by atoms with Gasteiger partial charge >= 0.3 is 5.97 Å². The molecule has 0 atom stereocenters. The first-order chi connectivity index (χ1) is 10.7. The van der Waals surface area contributed by atoms with Gasteiger partial charge in [0.15, 0.2) is 0 Å². The van der Waals surface area contributed by atoms with E-state index in [0.29, 0.717) is 38.0 Å². The molecule has 0 saturated heterocycles. The molecule has 0 heterocycles. The lowest BCUT2D eigenvalue weighted by Gasteiger charge is -2.31. The molecule has 2 rings (SSSR count). The van der Waals surface area contributed by atoms with Crippen LogP contribution < -0.4 is 0 Å². The molecule has 0 N–H and O–H groups in total. The highest BCUT2D eigenvalue weighted by molar-refractivity contribution is 5.78. The molecule has 0 unspecified atom stereocenters. The van der Waals surface area contributed by atoms with Crippen molar-refractivity contribution in [2.24, 2.45) is 5.92 Å². The lowest BCUT2D eigenvalue weighted by atomic mass is 9.86. The molecule has 4 nitrogen and oxygen atoms in total. The molecular weight excluding hydrogens is 278 g/mol. The molecule has 0 spiro atoms. The lowest BCUT2D eigenvalue weighted by Crippen LogP contribution is -2.41. The van der Waals surface area contributed by atoms with Crippen LogP contribution in [0, 0.1) is 5.92 Å². The number of ether oxygens (including phenoxy) is 1. The van der Waals surface area contributed by atoms with E-state index in [4.69, 9.17) is 4.74 Å². The molecule has 126 valence electrons. The van der Waals surface area contributed by atoms with Gasteiger partial charge < -0.3 is 9.64 Å². The molecule has 0 aromatic heterocycles. The van der Waals surface area contributed by atoms with E-state index in [2.05, 4.69) is 0 Å². The Bertz CT molecular complexity index is 357. The van der Waals surface area contributed by atoms with Crippen molar-refractivity contribution >= 4 is 11.9 Å². The van der Waals surface area contributed by atoms with Gasteiger partial charge in [-0.15, -0.1) is 0 Å². The van der Waals surface area contributed by atoms with Crippen molar-refractivity contribution in [1.29, 1.82) is 0 Å². The third-order valence-corrected chi connectivity index (χ3v) is 5.14. The fourth-order valence-corrected chi connectivity index (χ4v) is 3.93. The van der Waals surface area contributed by atoms with E-state index >= 15 is 0 Å². The topological polar surface area (TPSA) is 46.6 Å². The Morgan fingerprint density at radius 2 is 1.64 bits per heavy atom. The predicted molar refractivity (Wildman–Crippen MR) is 86.4 cm³/mol. The smallest absolute Gasteiger partial charge is 0.307 e. The number of nitrogens with zero attached hydrogens (tertiary/aromatic N) is 1. The van der Waals surface area contributed by atoms with Crippen LogP contribution in [0.4, 0.5) is 0 Å². The minimum atomic E-state index is -0.184. The maximum absolute atomic E-state index is 12.7.